The molecule has 0 aromatic heterocycles. The summed E-state index contributed by atoms with van der Waals surface area (Å²) in [5, 5.41) is 2.95. The number of benzene rings is 2. The lowest BCUT2D eigenvalue weighted by Crippen LogP contribution is -2.13. The van der Waals surface area contributed by atoms with Crippen molar-refractivity contribution in [1.82, 2.24) is 0 Å². The molecule has 0 saturated carbocycles. The Kier molecular flexibility index (Phi) is 5.70. The average molecular weight is 366 g/mol. The lowest BCUT2D eigenvalue weighted by Gasteiger charge is -2.12. The van der Waals surface area contributed by atoms with Crippen molar-refractivity contribution in [2.45, 2.75) is 11.8 Å². The van der Waals surface area contributed by atoms with Gasteiger partial charge in [-0.2, -0.15) is 0 Å². The number of hydrogen-bond acceptors (Lipinski definition) is 3. The third-order valence-corrected chi connectivity index (χ3v) is 4.29. The van der Waals surface area contributed by atoms with Crippen molar-refractivity contribution in [2.24, 2.45) is 0 Å². The normalized spacial score (nSPS) is 10.2. The van der Waals surface area contributed by atoms with Crippen LogP contribution in [0.5, 0.6) is 5.75 Å². The first-order chi connectivity index (χ1) is 10.2. The van der Waals surface area contributed by atoms with Gasteiger partial charge < -0.3 is 10.1 Å². The highest BCUT2D eigenvalue weighted by Crippen LogP contribution is 2.29. The van der Waals surface area contributed by atoms with E-state index < -0.39 is 0 Å². The highest BCUT2D eigenvalue weighted by atomic mass is 79.9. The van der Waals surface area contributed by atoms with E-state index >= 15 is 0 Å². The summed E-state index contributed by atoms with van der Waals surface area (Å²) in [4.78, 5) is 13.5. The van der Waals surface area contributed by atoms with E-state index in [0.717, 1.165) is 20.8 Å². The molecule has 1 amide bonds. The maximum atomic E-state index is 12.4. The second-order valence-electron chi connectivity index (χ2n) is 4.23. The van der Waals surface area contributed by atoms with Crippen molar-refractivity contribution in [3.63, 3.8) is 0 Å². The van der Waals surface area contributed by atoms with Crippen LogP contribution in [0.4, 0.5) is 5.69 Å². The molecule has 0 spiro atoms. The Morgan fingerprint density at radius 3 is 2.76 bits per heavy atom. The van der Waals surface area contributed by atoms with Crippen LogP contribution in [-0.4, -0.2) is 18.8 Å². The summed E-state index contributed by atoms with van der Waals surface area (Å²) in [5.74, 6) is 1.32. The van der Waals surface area contributed by atoms with Gasteiger partial charge in [-0.25, -0.2) is 0 Å². The quantitative estimate of drug-likeness (QED) is 0.771. The fourth-order valence-electron chi connectivity index (χ4n) is 1.89. The van der Waals surface area contributed by atoms with Gasteiger partial charge in [0.15, 0.2) is 0 Å². The SMILES string of the molecule is CCSc1ccccc1NC(=O)c1ccc(Br)cc1OC. The molecule has 5 heteroatoms. The van der Waals surface area contributed by atoms with Crippen LogP contribution in [0.3, 0.4) is 0 Å². The van der Waals surface area contributed by atoms with E-state index in [1.54, 1.807) is 31.0 Å². The second kappa shape index (κ2) is 7.52. The minimum atomic E-state index is -0.177. The van der Waals surface area contributed by atoms with Crippen LogP contribution < -0.4 is 10.1 Å². The predicted molar refractivity (Wildman–Crippen MR) is 91.5 cm³/mol. The number of ether oxygens (including phenoxy) is 1. The molecule has 3 nitrogen and oxygen atoms in total. The van der Waals surface area contributed by atoms with Crippen molar-refractivity contribution in [3.8, 4) is 5.75 Å². The molecule has 0 aliphatic carbocycles. The molecule has 0 aliphatic heterocycles. The topological polar surface area (TPSA) is 38.3 Å². The zero-order valence-electron chi connectivity index (χ0n) is 11.9. The number of rotatable bonds is 5. The van der Waals surface area contributed by atoms with Crippen LogP contribution in [0.15, 0.2) is 51.8 Å². The summed E-state index contributed by atoms with van der Waals surface area (Å²) in [5.41, 5.74) is 1.33. The highest BCUT2D eigenvalue weighted by Gasteiger charge is 2.14. The Bertz CT molecular complexity index is 646. The van der Waals surface area contributed by atoms with Crippen molar-refractivity contribution in [2.75, 3.05) is 18.2 Å². The molecule has 0 unspecified atom stereocenters. The van der Waals surface area contributed by atoms with E-state index in [9.17, 15) is 4.79 Å². The monoisotopic (exact) mass is 365 g/mol. The predicted octanol–water partition coefficient (Wildman–Crippen LogP) is 4.82. The third kappa shape index (κ3) is 4.02. The molecule has 0 heterocycles. The first kappa shape index (κ1) is 15.9. The minimum absolute atomic E-state index is 0.177. The molecule has 0 aliphatic rings. The molecule has 0 fully saturated rings. The number of thioether (sulfide) groups is 1. The molecule has 1 N–H and O–H groups in total. The van der Waals surface area contributed by atoms with Crippen LogP contribution in [0.1, 0.15) is 17.3 Å². The summed E-state index contributed by atoms with van der Waals surface area (Å²) in [7, 11) is 1.55. The molecular weight excluding hydrogens is 350 g/mol. The van der Waals surface area contributed by atoms with Gasteiger partial charge in [0.05, 0.1) is 18.4 Å². The molecule has 2 aromatic rings. The summed E-state index contributed by atoms with van der Waals surface area (Å²) in [6, 6.07) is 13.1. The van der Waals surface area contributed by atoms with Crippen LogP contribution in [-0.2, 0) is 0 Å². The lowest BCUT2D eigenvalue weighted by molar-refractivity contribution is 0.102. The van der Waals surface area contributed by atoms with Gasteiger partial charge in [-0.3, -0.25) is 4.79 Å². The molecule has 0 atom stereocenters. The Hall–Kier alpha value is -1.46. The van der Waals surface area contributed by atoms with Crippen molar-refractivity contribution >= 4 is 39.3 Å². The van der Waals surface area contributed by atoms with E-state index in [-0.39, 0.29) is 5.91 Å². The lowest BCUT2D eigenvalue weighted by atomic mass is 10.2. The molecule has 0 radical (unpaired) electrons. The summed E-state index contributed by atoms with van der Waals surface area (Å²) >= 11 is 5.07. The first-order valence-electron chi connectivity index (χ1n) is 6.52. The Labute approximate surface area is 137 Å². The van der Waals surface area contributed by atoms with Crippen LogP contribution in [0.2, 0.25) is 0 Å². The molecule has 110 valence electrons. The van der Waals surface area contributed by atoms with Gasteiger partial charge in [0.2, 0.25) is 0 Å². The summed E-state index contributed by atoms with van der Waals surface area (Å²) in [6.07, 6.45) is 0. The second-order valence-corrected chi connectivity index (χ2v) is 6.45. The summed E-state index contributed by atoms with van der Waals surface area (Å²) in [6.45, 7) is 2.08. The van der Waals surface area contributed by atoms with Crippen LogP contribution >= 0.6 is 27.7 Å². The molecule has 2 rings (SSSR count). The number of methoxy groups -OCH3 is 1. The standard InChI is InChI=1S/C16H16BrNO2S/c1-3-21-15-7-5-4-6-13(15)18-16(19)12-9-8-11(17)10-14(12)20-2/h4-10H,3H2,1-2H3,(H,18,19). The van der Waals surface area contributed by atoms with Gasteiger partial charge >= 0.3 is 0 Å². The largest absolute Gasteiger partial charge is 0.496 e. The number of anilines is 1. The molecule has 0 bridgehead atoms. The van der Waals surface area contributed by atoms with Crippen LogP contribution in [0.25, 0.3) is 0 Å². The number of halogens is 1. The molecule has 0 saturated heterocycles. The minimum Gasteiger partial charge on any atom is -0.496 e. The zero-order chi connectivity index (χ0) is 15.2. The Morgan fingerprint density at radius 2 is 2.05 bits per heavy atom. The van der Waals surface area contributed by atoms with Gasteiger partial charge in [-0.05, 0) is 36.1 Å². The van der Waals surface area contributed by atoms with Gasteiger partial charge in [-0.1, -0.05) is 35.0 Å². The van der Waals surface area contributed by atoms with Gasteiger partial charge in [0.25, 0.3) is 5.91 Å². The Morgan fingerprint density at radius 1 is 1.29 bits per heavy atom. The third-order valence-electron chi connectivity index (χ3n) is 2.84. The van der Waals surface area contributed by atoms with Gasteiger partial charge in [0.1, 0.15) is 5.75 Å². The van der Waals surface area contributed by atoms with E-state index in [1.807, 2.05) is 30.3 Å². The maximum absolute atomic E-state index is 12.4. The van der Waals surface area contributed by atoms with Crippen molar-refractivity contribution < 1.29 is 9.53 Å². The first-order valence-corrected chi connectivity index (χ1v) is 8.30. The fourth-order valence-corrected chi connectivity index (χ4v) is 2.99. The average Bonchev–Trinajstić information content (AvgIpc) is 2.49. The molecular formula is C16H16BrNO2S. The molecule has 21 heavy (non-hydrogen) atoms. The summed E-state index contributed by atoms with van der Waals surface area (Å²) < 4.78 is 6.14. The number of nitrogens with one attached hydrogen (secondary N) is 1. The highest BCUT2D eigenvalue weighted by molar-refractivity contribution is 9.10. The number of para-hydroxylation sites is 1. The maximum Gasteiger partial charge on any atom is 0.259 e. The smallest absolute Gasteiger partial charge is 0.259 e. The molecule has 2 aromatic carbocycles. The number of carbonyl (C=O) groups is 1. The van der Waals surface area contributed by atoms with E-state index in [1.165, 1.54) is 0 Å². The number of amides is 1. The van der Waals surface area contributed by atoms with Crippen LogP contribution in [0, 0.1) is 0 Å². The number of carbonyl (C=O) groups excluding carboxylic acids is 1. The van der Waals surface area contributed by atoms with Gasteiger partial charge in [0, 0.05) is 9.37 Å². The fraction of sp³-hybridized carbons (Fsp3) is 0.188. The van der Waals surface area contributed by atoms with E-state index in [4.69, 9.17) is 4.74 Å². The number of hydrogen-bond donors (Lipinski definition) is 1. The van der Waals surface area contributed by atoms with E-state index in [2.05, 4.69) is 28.2 Å². The Balaban J connectivity index is 2.26. The van der Waals surface area contributed by atoms with Crippen molar-refractivity contribution in [1.29, 1.82) is 0 Å². The van der Waals surface area contributed by atoms with Crippen molar-refractivity contribution in [3.05, 3.63) is 52.5 Å². The van der Waals surface area contributed by atoms with E-state index in [0.29, 0.717) is 11.3 Å². The van der Waals surface area contributed by atoms with Gasteiger partial charge in [-0.15, -0.1) is 11.8 Å². The zero-order valence-corrected chi connectivity index (χ0v) is 14.3.